The molecule has 0 amide bonds. The smallest absolute Gasteiger partial charge is 0.0919 e. The van der Waals surface area contributed by atoms with Crippen molar-refractivity contribution in [3.63, 3.8) is 0 Å². The third kappa shape index (κ3) is 1.71. The van der Waals surface area contributed by atoms with Gasteiger partial charge in [-0.05, 0) is 38.0 Å². The standard InChI is InChI=1S/C13H26N/c1-11(2)12-7-6-10-14(3)9-5-4-8-13(12)14/h11-13H,4-10H2,1-3H3/q+1. The van der Waals surface area contributed by atoms with Crippen LogP contribution in [-0.4, -0.2) is 30.7 Å². The fraction of sp³-hybridized carbons (Fsp3) is 1.00. The van der Waals surface area contributed by atoms with Crippen LogP contribution in [0.4, 0.5) is 0 Å². The first-order chi connectivity index (χ1) is 6.63. The molecule has 3 atom stereocenters. The molecule has 2 aliphatic heterocycles. The zero-order valence-electron chi connectivity index (χ0n) is 10.1. The molecule has 82 valence electrons. The predicted molar refractivity (Wildman–Crippen MR) is 61.1 cm³/mol. The van der Waals surface area contributed by atoms with Crippen LogP contribution >= 0.6 is 0 Å². The molecule has 14 heavy (non-hydrogen) atoms. The van der Waals surface area contributed by atoms with Gasteiger partial charge in [-0.3, -0.25) is 0 Å². The minimum absolute atomic E-state index is 0.899. The van der Waals surface area contributed by atoms with Gasteiger partial charge in [0.05, 0.1) is 26.2 Å². The number of quaternary nitrogens is 1. The van der Waals surface area contributed by atoms with Crippen LogP contribution in [0.15, 0.2) is 0 Å². The first-order valence-electron chi connectivity index (χ1n) is 6.48. The third-order valence-corrected chi connectivity index (χ3v) is 4.78. The predicted octanol–water partition coefficient (Wildman–Crippen LogP) is 3.05. The van der Waals surface area contributed by atoms with Gasteiger partial charge in [-0.25, -0.2) is 0 Å². The summed E-state index contributed by atoms with van der Waals surface area (Å²) in [7, 11) is 2.51. The average Bonchev–Trinajstić information content (AvgIpc) is 2.15. The van der Waals surface area contributed by atoms with Crippen molar-refractivity contribution in [3.8, 4) is 0 Å². The summed E-state index contributed by atoms with van der Waals surface area (Å²) < 4.78 is 1.41. The van der Waals surface area contributed by atoms with E-state index in [0.29, 0.717) is 0 Å². The Balaban J connectivity index is 2.14. The normalized spacial score (nSPS) is 43.7. The molecule has 0 aromatic heterocycles. The van der Waals surface area contributed by atoms with Crippen LogP contribution in [-0.2, 0) is 0 Å². The molecule has 2 fully saturated rings. The molecule has 2 rings (SSSR count). The fourth-order valence-electron chi connectivity index (χ4n) is 3.92. The molecule has 2 aliphatic rings. The lowest BCUT2D eigenvalue weighted by atomic mass is 9.76. The topological polar surface area (TPSA) is 0 Å². The lowest BCUT2D eigenvalue weighted by Gasteiger charge is -2.52. The second kappa shape index (κ2) is 3.84. The fourth-order valence-corrected chi connectivity index (χ4v) is 3.92. The minimum atomic E-state index is 0.899. The van der Waals surface area contributed by atoms with Crippen LogP contribution in [0, 0.1) is 11.8 Å². The van der Waals surface area contributed by atoms with Crippen LogP contribution in [0.1, 0.15) is 46.0 Å². The van der Waals surface area contributed by atoms with E-state index in [1.807, 2.05) is 0 Å². The Kier molecular flexibility index (Phi) is 2.88. The van der Waals surface area contributed by atoms with Crippen molar-refractivity contribution in [3.05, 3.63) is 0 Å². The van der Waals surface area contributed by atoms with Crippen LogP contribution in [0.3, 0.4) is 0 Å². The van der Waals surface area contributed by atoms with Gasteiger partial charge in [-0.15, -0.1) is 0 Å². The summed E-state index contributed by atoms with van der Waals surface area (Å²) in [5.74, 6) is 1.91. The van der Waals surface area contributed by atoms with Gasteiger partial charge < -0.3 is 4.48 Å². The zero-order chi connectivity index (χ0) is 10.2. The lowest BCUT2D eigenvalue weighted by molar-refractivity contribution is -0.947. The van der Waals surface area contributed by atoms with Crippen molar-refractivity contribution in [2.75, 3.05) is 20.1 Å². The van der Waals surface area contributed by atoms with Crippen molar-refractivity contribution in [2.24, 2.45) is 11.8 Å². The molecule has 1 heteroatoms. The first kappa shape index (κ1) is 10.5. The largest absolute Gasteiger partial charge is 0.323 e. The van der Waals surface area contributed by atoms with E-state index >= 15 is 0 Å². The Morgan fingerprint density at radius 3 is 2.43 bits per heavy atom. The van der Waals surface area contributed by atoms with Crippen LogP contribution in [0.2, 0.25) is 0 Å². The maximum atomic E-state index is 2.51. The number of piperidine rings is 2. The maximum absolute atomic E-state index is 2.51. The molecule has 0 bridgehead atoms. The SMILES string of the molecule is CC(C)C1CCC[N+]2(C)CCCCC12. The van der Waals surface area contributed by atoms with Crippen LogP contribution in [0.5, 0.6) is 0 Å². The summed E-state index contributed by atoms with van der Waals surface area (Å²) >= 11 is 0. The van der Waals surface area contributed by atoms with Gasteiger partial charge in [0.15, 0.2) is 0 Å². The highest BCUT2D eigenvalue weighted by molar-refractivity contribution is 4.80. The van der Waals surface area contributed by atoms with Crippen molar-refractivity contribution < 1.29 is 4.48 Å². The molecule has 1 nitrogen and oxygen atoms in total. The van der Waals surface area contributed by atoms with Gasteiger partial charge in [0.1, 0.15) is 0 Å². The second-order valence-electron chi connectivity index (χ2n) is 6.04. The Hall–Kier alpha value is -0.0400. The highest BCUT2D eigenvalue weighted by atomic mass is 15.4. The number of nitrogens with zero attached hydrogens (tertiary/aromatic N) is 1. The first-order valence-corrected chi connectivity index (χ1v) is 6.48. The molecular weight excluding hydrogens is 170 g/mol. The summed E-state index contributed by atoms with van der Waals surface area (Å²) in [4.78, 5) is 0. The van der Waals surface area contributed by atoms with Gasteiger partial charge in [0, 0.05) is 5.92 Å². The van der Waals surface area contributed by atoms with Gasteiger partial charge in [0.25, 0.3) is 0 Å². The summed E-state index contributed by atoms with van der Waals surface area (Å²) in [6.07, 6.45) is 7.42. The molecule has 0 aromatic carbocycles. The molecular formula is C13H26N+. The van der Waals surface area contributed by atoms with Crippen molar-refractivity contribution in [1.29, 1.82) is 0 Å². The number of hydrogen-bond donors (Lipinski definition) is 0. The van der Waals surface area contributed by atoms with E-state index in [-0.39, 0.29) is 0 Å². The quantitative estimate of drug-likeness (QED) is 0.565. The highest BCUT2D eigenvalue weighted by Crippen LogP contribution is 2.39. The molecule has 0 N–H and O–H groups in total. The van der Waals surface area contributed by atoms with E-state index in [4.69, 9.17) is 0 Å². The van der Waals surface area contributed by atoms with Gasteiger partial charge >= 0.3 is 0 Å². The summed E-state index contributed by atoms with van der Waals surface area (Å²) in [6.45, 7) is 7.76. The molecule has 0 radical (unpaired) electrons. The molecule has 0 spiro atoms. The Morgan fingerprint density at radius 1 is 1.00 bits per heavy atom. The van der Waals surface area contributed by atoms with E-state index in [9.17, 15) is 0 Å². The van der Waals surface area contributed by atoms with E-state index in [1.54, 1.807) is 0 Å². The minimum Gasteiger partial charge on any atom is -0.323 e. The summed E-state index contributed by atoms with van der Waals surface area (Å²) in [5.41, 5.74) is 0. The van der Waals surface area contributed by atoms with Crippen molar-refractivity contribution in [1.82, 2.24) is 0 Å². The monoisotopic (exact) mass is 196 g/mol. The Labute approximate surface area is 89.1 Å². The highest BCUT2D eigenvalue weighted by Gasteiger charge is 2.44. The van der Waals surface area contributed by atoms with Gasteiger partial charge in [-0.2, -0.15) is 0 Å². The van der Waals surface area contributed by atoms with E-state index < -0.39 is 0 Å². The number of rotatable bonds is 1. The Morgan fingerprint density at radius 2 is 1.71 bits per heavy atom. The molecule has 0 saturated carbocycles. The molecule has 3 unspecified atom stereocenters. The van der Waals surface area contributed by atoms with E-state index in [2.05, 4.69) is 20.9 Å². The summed E-state index contributed by atoms with van der Waals surface area (Å²) in [6, 6.07) is 0.998. The van der Waals surface area contributed by atoms with E-state index in [1.165, 1.54) is 49.7 Å². The van der Waals surface area contributed by atoms with Gasteiger partial charge in [-0.1, -0.05) is 13.8 Å². The molecule has 2 heterocycles. The molecule has 0 aromatic rings. The lowest BCUT2D eigenvalue weighted by Crippen LogP contribution is -2.61. The zero-order valence-corrected chi connectivity index (χ0v) is 10.1. The van der Waals surface area contributed by atoms with E-state index in [0.717, 1.165) is 17.9 Å². The second-order valence-corrected chi connectivity index (χ2v) is 6.04. The number of fused-ring (bicyclic) bond motifs is 1. The molecule has 2 saturated heterocycles. The van der Waals surface area contributed by atoms with Gasteiger partial charge in [0.2, 0.25) is 0 Å². The van der Waals surface area contributed by atoms with Crippen LogP contribution < -0.4 is 0 Å². The third-order valence-electron chi connectivity index (χ3n) is 4.78. The van der Waals surface area contributed by atoms with Crippen molar-refractivity contribution in [2.45, 2.75) is 52.0 Å². The van der Waals surface area contributed by atoms with Crippen molar-refractivity contribution >= 4 is 0 Å². The summed E-state index contributed by atoms with van der Waals surface area (Å²) in [5, 5.41) is 0. The van der Waals surface area contributed by atoms with Crippen LogP contribution in [0.25, 0.3) is 0 Å². The number of hydrogen-bond acceptors (Lipinski definition) is 0. The molecule has 0 aliphatic carbocycles. The maximum Gasteiger partial charge on any atom is 0.0919 e. The average molecular weight is 196 g/mol. The Bertz CT molecular complexity index is 195.